The van der Waals surface area contributed by atoms with Crippen molar-refractivity contribution in [3.05, 3.63) is 18.5 Å². The molecular formula is C13H22N8. The van der Waals surface area contributed by atoms with Crippen LogP contribution in [0.15, 0.2) is 18.5 Å². The zero-order chi connectivity index (χ0) is 15.1. The van der Waals surface area contributed by atoms with Crippen molar-refractivity contribution in [2.75, 3.05) is 37.2 Å². The summed E-state index contributed by atoms with van der Waals surface area (Å²) in [7, 11) is 0. The fourth-order valence-corrected chi connectivity index (χ4v) is 1.99. The number of aromatic nitrogens is 5. The lowest BCUT2D eigenvalue weighted by Crippen LogP contribution is -2.25. The molecule has 0 bridgehead atoms. The Hall–Kier alpha value is -2.22. The zero-order valence-corrected chi connectivity index (χ0v) is 12.5. The standard InChI is InChI=1S/C13H22N8/c1-3-20(4-2)9-5-7-15-12-17-11(14)18-13(19-12)21-10-6-8-16-21/h6,8,10H,3-5,7,9H2,1-2H3,(H3,14,15,17,18,19). The van der Waals surface area contributed by atoms with E-state index in [-0.39, 0.29) is 5.95 Å². The van der Waals surface area contributed by atoms with E-state index in [1.165, 1.54) is 0 Å². The lowest BCUT2D eigenvalue weighted by Gasteiger charge is -2.17. The molecule has 0 saturated heterocycles. The van der Waals surface area contributed by atoms with E-state index >= 15 is 0 Å². The van der Waals surface area contributed by atoms with E-state index in [1.807, 2.05) is 0 Å². The summed E-state index contributed by atoms with van der Waals surface area (Å²) < 4.78 is 1.55. The van der Waals surface area contributed by atoms with Gasteiger partial charge in [0.1, 0.15) is 0 Å². The first-order chi connectivity index (χ1) is 10.2. The second-order valence-corrected chi connectivity index (χ2v) is 4.58. The molecule has 0 spiro atoms. The Morgan fingerprint density at radius 2 is 2.05 bits per heavy atom. The van der Waals surface area contributed by atoms with Crippen LogP contribution >= 0.6 is 0 Å². The van der Waals surface area contributed by atoms with E-state index in [9.17, 15) is 0 Å². The molecule has 3 N–H and O–H groups in total. The minimum absolute atomic E-state index is 0.182. The maximum atomic E-state index is 5.71. The molecule has 0 unspecified atom stereocenters. The average molecular weight is 290 g/mol. The summed E-state index contributed by atoms with van der Waals surface area (Å²) in [6, 6.07) is 1.80. The predicted octanol–water partition coefficient (Wildman–Crippen LogP) is 0.783. The zero-order valence-electron chi connectivity index (χ0n) is 12.5. The highest BCUT2D eigenvalue weighted by atomic mass is 15.4. The molecule has 0 fully saturated rings. The average Bonchev–Trinajstić information content (AvgIpc) is 3.01. The van der Waals surface area contributed by atoms with Crippen LogP contribution in [0.2, 0.25) is 0 Å². The Balaban J connectivity index is 1.92. The van der Waals surface area contributed by atoms with Gasteiger partial charge in [-0.25, -0.2) is 4.68 Å². The third-order valence-corrected chi connectivity index (χ3v) is 3.18. The summed E-state index contributed by atoms with van der Waals surface area (Å²) >= 11 is 0. The molecule has 0 saturated carbocycles. The summed E-state index contributed by atoms with van der Waals surface area (Å²) in [5.41, 5.74) is 5.71. The molecule has 8 heteroatoms. The van der Waals surface area contributed by atoms with Crippen LogP contribution in [0.5, 0.6) is 0 Å². The number of rotatable bonds is 8. The van der Waals surface area contributed by atoms with Crippen molar-refractivity contribution in [3.63, 3.8) is 0 Å². The van der Waals surface area contributed by atoms with Gasteiger partial charge in [-0.15, -0.1) is 0 Å². The highest BCUT2D eigenvalue weighted by Crippen LogP contribution is 2.06. The molecule has 0 aliphatic rings. The van der Waals surface area contributed by atoms with Gasteiger partial charge in [-0.05, 0) is 32.1 Å². The highest BCUT2D eigenvalue weighted by Gasteiger charge is 2.06. The van der Waals surface area contributed by atoms with Crippen LogP contribution in [0, 0.1) is 0 Å². The summed E-state index contributed by atoms with van der Waals surface area (Å²) in [6.07, 6.45) is 4.44. The van der Waals surface area contributed by atoms with Gasteiger partial charge in [0.2, 0.25) is 11.9 Å². The van der Waals surface area contributed by atoms with Gasteiger partial charge in [-0.2, -0.15) is 20.1 Å². The maximum absolute atomic E-state index is 5.71. The lowest BCUT2D eigenvalue weighted by atomic mass is 10.3. The first-order valence-corrected chi connectivity index (χ1v) is 7.20. The van der Waals surface area contributed by atoms with Gasteiger partial charge in [0.25, 0.3) is 5.95 Å². The molecule has 114 valence electrons. The summed E-state index contributed by atoms with van der Waals surface area (Å²) in [5.74, 6) is 1.08. The van der Waals surface area contributed by atoms with Crippen LogP contribution in [0.1, 0.15) is 20.3 Å². The Morgan fingerprint density at radius 3 is 2.71 bits per heavy atom. The van der Waals surface area contributed by atoms with Crippen molar-refractivity contribution in [3.8, 4) is 5.95 Å². The van der Waals surface area contributed by atoms with Crippen molar-refractivity contribution < 1.29 is 0 Å². The summed E-state index contributed by atoms with van der Waals surface area (Å²) in [4.78, 5) is 14.8. The van der Waals surface area contributed by atoms with Gasteiger partial charge in [-0.1, -0.05) is 13.8 Å². The van der Waals surface area contributed by atoms with Crippen molar-refractivity contribution in [2.45, 2.75) is 20.3 Å². The van der Waals surface area contributed by atoms with E-state index < -0.39 is 0 Å². The van der Waals surface area contributed by atoms with Crippen LogP contribution in [0.4, 0.5) is 11.9 Å². The Labute approximate surface area is 124 Å². The molecular weight excluding hydrogens is 268 g/mol. The maximum Gasteiger partial charge on any atom is 0.257 e. The van der Waals surface area contributed by atoms with Crippen molar-refractivity contribution >= 4 is 11.9 Å². The van der Waals surface area contributed by atoms with Gasteiger partial charge >= 0.3 is 0 Å². The minimum atomic E-state index is 0.182. The SMILES string of the molecule is CCN(CC)CCCNc1nc(N)nc(-n2cccn2)n1. The molecule has 2 rings (SSSR count). The number of nitrogens with zero attached hydrogens (tertiary/aromatic N) is 6. The largest absolute Gasteiger partial charge is 0.368 e. The number of nitrogen functional groups attached to an aromatic ring is 1. The van der Waals surface area contributed by atoms with Crippen molar-refractivity contribution in [2.24, 2.45) is 0 Å². The first-order valence-electron chi connectivity index (χ1n) is 7.20. The highest BCUT2D eigenvalue weighted by molar-refractivity contribution is 5.34. The van der Waals surface area contributed by atoms with Gasteiger partial charge in [0.05, 0.1) is 0 Å². The molecule has 21 heavy (non-hydrogen) atoms. The third kappa shape index (κ3) is 4.38. The first kappa shape index (κ1) is 15.2. The van der Waals surface area contributed by atoms with E-state index in [2.05, 4.69) is 44.1 Å². The fraction of sp³-hybridized carbons (Fsp3) is 0.538. The minimum Gasteiger partial charge on any atom is -0.368 e. The lowest BCUT2D eigenvalue weighted by molar-refractivity contribution is 0.303. The second kappa shape index (κ2) is 7.53. The molecule has 2 heterocycles. The number of nitrogens with two attached hydrogens (primary N) is 1. The number of hydrogen-bond acceptors (Lipinski definition) is 7. The Kier molecular flexibility index (Phi) is 5.44. The molecule has 0 atom stereocenters. The van der Waals surface area contributed by atoms with Crippen LogP contribution in [0.3, 0.4) is 0 Å². The third-order valence-electron chi connectivity index (χ3n) is 3.18. The Morgan fingerprint density at radius 1 is 1.24 bits per heavy atom. The second-order valence-electron chi connectivity index (χ2n) is 4.58. The van der Waals surface area contributed by atoms with Gasteiger partial charge in [0, 0.05) is 18.9 Å². The smallest absolute Gasteiger partial charge is 0.257 e. The molecule has 0 amide bonds. The van der Waals surface area contributed by atoms with Gasteiger partial charge in [-0.3, -0.25) is 0 Å². The molecule has 2 aromatic rings. The van der Waals surface area contributed by atoms with Crippen LogP contribution in [0.25, 0.3) is 5.95 Å². The van der Waals surface area contributed by atoms with E-state index in [0.29, 0.717) is 11.9 Å². The van der Waals surface area contributed by atoms with E-state index in [0.717, 1.165) is 32.6 Å². The van der Waals surface area contributed by atoms with Crippen LogP contribution in [-0.4, -0.2) is 55.8 Å². The molecule has 0 radical (unpaired) electrons. The molecule has 0 aliphatic heterocycles. The van der Waals surface area contributed by atoms with Gasteiger partial charge in [0.15, 0.2) is 0 Å². The molecule has 2 aromatic heterocycles. The van der Waals surface area contributed by atoms with Crippen LogP contribution < -0.4 is 11.1 Å². The van der Waals surface area contributed by atoms with Crippen molar-refractivity contribution in [1.82, 2.24) is 29.6 Å². The monoisotopic (exact) mass is 290 g/mol. The molecule has 0 aromatic carbocycles. The quantitative estimate of drug-likeness (QED) is 0.693. The van der Waals surface area contributed by atoms with Crippen molar-refractivity contribution in [1.29, 1.82) is 0 Å². The number of anilines is 2. The number of nitrogens with one attached hydrogen (secondary N) is 1. The van der Waals surface area contributed by atoms with Crippen LogP contribution in [-0.2, 0) is 0 Å². The fourth-order valence-electron chi connectivity index (χ4n) is 1.99. The Bertz CT molecular complexity index is 535. The molecule has 0 aliphatic carbocycles. The molecule has 8 nitrogen and oxygen atoms in total. The predicted molar refractivity (Wildman–Crippen MR) is 82.3 cm³/mol. The number of hydrogen-bond donors (Lipinski definition) is 2. The summed E-state index contributed by atoms with van der Waals surface area (Å²) in [5, 5.41) is 7.27. The normalized spacial score (nSPS) is 11.0. The topological polar surface area (TPSA) is 97.8 Å². The van der Waals surface area contributed by atoms with E-state index in [1.54, 1.807) is 23.1 Å². The van der Waals surface area contributed by atoms with E-state index in [4.69, 9.17) is 5.73 Å². The summed E-state index contributed by atoms with van der Waals surface area (Å²) in [6.45, 7) is 8.31. The van der Waals surface area contributed by atoms with Gasteiger partial charge < -0.3 is 16.0 Å².